The number of nitrogens with one attached hydrogen (secondary N) is 1. The Morgan fingerprint density at radius 2 is 1.89 bits per heavy atom. The summed E-state index contributed by atoms with van der Waals surface area (Å²) in [4.78, 5) is 22.5. The van der Waals surface area contributed by atoms with Gasteiger partial charge in [-0.15, -0.1) is 0 Å². The first-order valence-corrected chi connectivity index (χ1v) is 9.19. The highest BCUT2D eigenvalue weighted by atomic mass is 16.5. The van der Waals surface area contributed by atoms with Gasteiger partial charge in [0.15, 0.2) is 18.1 Å². The highest BCUT2D eigenvalue weighted by Gasteiger charge is 2.22. The van der Waals surface area contributed by atoms with Crippen LogP contribution < -0.4 is 19.7 Å². The van der Waals surface area contributed by atoms with Gasteiger partial charge in [-0.3, -0.25) is 4.79 Å². The van der Waals surface area contributed by atoms with Crippen LogP contribution in [0.5, 0.6) is 11.5 Å². The molecule has 28 heavy (non-hydrogen) atoms. The van der Waals surface area contributed by atoms with Crippen molar-refractivity contribution in [1.29, 1.82) is 5.26 Å². The molecule has 0 unspecified atom stereocenters. The molecule has 8 nitrogen and oxygen atoms in total. The number of nitriles is 1. The third-order valence-corrected chi connectivity index (χ3v) is 4.72. The van der Waals surface area contributed by atoms with E-state index in [9.17, 15) is 4.79 Å². The van der Waals surface area contributed by atoms with Gasteiger partial charge in [0.25, 0.3) is 5.91 Å². The normalized spacial score (nSPS) is 14.2. The van der Waals surface area contributed by atoms with E-state index < -0.39 is 0 Å². The number of amides is 1. The second kappa shape index (κ2) is 9.55. The molecule has 8 heteroatoms. The molecular weight excluding hydrogens is 358 g/mol. The molecule has 3 rings (SSSR count). The molecule has 0 aliphatic carbocycles. The van der Waals surface area contributed by atoms with E-state index in [1.807, 2.05) is 0 Å². The third-order valence-electron chi connectivity index (χ3n) is 4.72. The fraction of sp³-hybridized carbons (Fsp3) is 0.400. The SMILES string of the molecule is COc1ccc(OCC(=O)NCC2CCN(c3nccnc3C#N)CC2)cc1. The molecule has 2 heterocycles. The van der Waals surface area contributed by atoms with Crippen LogP contribution in [0, 0.1) is 17.2 Å². The number of nitrogens with zero attached hydrogens (tertiary/aromatic N) is 4. The molecule has 1 saturated heterocycles. The first-order chi connectivity index (χ1) is 13.7. The second-order valence-corrected chi connectivity index (χ2v) is 6.54. The molecule has 1 amide bonds. The zero-order valence-corrected chi connectivity index (χ0v) is 15.8. The summed E-state index contributed by atoms with van der Waals surface area (Å²) in [6.07, 6.45) is 4.96. The molecule has 1 fully saturated rings. The minimum absolute atomic E-state index is 0.0176. The molecule has 1 N–H and O–H groups in total. The summed E-state index contributed by atoms with van der Waals surface area (Å²) in [6, 6.07) is 9.20. The molecule has 0 spiro atoms. The van der Waals surface area contributed by atoms with Crippen LogP contribution in [-0.2, 0) is 4.79 Å². The number of methoxy groups -OCH3 is 1. The molecule has 0 radical (unpaired) electrons. The highest BCUT2D eigenvalue weighted by Crippen LogP contribution is 2.23. The molecule has 0 atom stereocenters. The molecule has 1 aliphatic heterocycles. The first kappa shape index (κ1) is 19.4. The second-order valence-electron chi connectivity index (χ2n) is 6.54. The van der Waals surface area contributed by atoms with Crippen molar-refractivity contribution < 1.29 is 14.3 Å². The lowest BCUT2D eigenvalue weighted by Crippen LogP contribution is -2.40. The summed E-state index contributed by atoms with van der Waals surface area (Å²) < 4.78 is 10.6. The average molecular weight is 381 g/mol. The minimum atomic E-state index is -0.140. The molecule has 2 aromatic rings. The summed E-state index contributed by atoms with van der Waals surface area (Å²) >= 11 is 0. The van der Waals surface area contributed by atoms with Crippen LogP contribution in [0.1, 0.15) is 18.5 Å². The summed E-state index contributed by atoms with van der Waals surface area (Å²) in [5.74, 6) is 2.26. The van der Waals surface area contributed by atoms with Gasteiger partial charge >= 0.3 is 0 Å². The number of piperidine rings is 1. The van der Waals surface area contributed by atoms with E-state index in [4.69, 9.17) is 14.7 Å². The van der Waals surface area contributed by atoms with Crippen LogP contribution in [-0.4, -0.2) is 49.2 Å². The van der Waals surface area contributed by atoms with Crippen molar-refractivity contribution >= 4 is 11.7 Å². The zero-order chi connectivity index (χ0) is 19.8. The van der Waals surface area contributed by atoms with Gasteiger partial charge < -0.3 is 19.7 Å². The Bertz CT molecular complexity index is 826. The van der Waals surface area contributed by atoms with E-state index in [-0.39, 0.29) is 12.5 Å². The summed E-state index contributed by atoms with van der Waals surface area (Å²) in [6.45, 7) is 2.17. The van der Waals surface area contributed by atoms with Gasteiger partial charge in [0.1, 0.15) is 17.6 Å². The van der Waals surface area contributed by atoms with E-state index in [0.29, 0.717) is 29.7 Å². The zero-order valence-electron chi connectivity index (χ0n) is 15.8. The molecule has 0 bridgehead atoms. The van der Waals surface area contributed by atoms with Gasteiger partial charge in [0.05, 0.1) is 7.11 Å². The number of carbonyl (C=O) groups excluding carboxylic acids is 1. The van der Waals surface area contributed by atoms with E-state index >= 15 is 0 Å². The monoisotopic (exact) mass is 381 g/mol. The molecule has 146 valence electrons. The number of carbonyl (C=O) groups is 1. The first-order valence-electron chi connectivity index (χ1n) is 9.19. The van der Waals surface area contributed by atoms with Crippen molar-refractivity contribution in [2.75, 3.05) is 38.3 Å². The maximum absolute atomic E-state index is 12.0. The number of hydrogen-bond donors (Lipinski definition) is 1. The Balaban J connectivity index is 1.39. The quantitative estimate of drug-likeness (QED) is 0.780. The van der Waals surface area contributed by atoms with Crippen LogP contribution >= 0.6 is 0 Å². The molecule has 1 aromatic carbocycles. The number of ether oxygens (including phenoxy) is 2. The Morgan fingerprint density at radius 3 is 2.57 bits per heavy atom. The van der Waals surface area contributed by atoms with Gasteiger partial charge in [-0.1, -0.05) is 0 Å². The van der Waals surface area contributed by atoms with Crippen LogP contribution in [0.2, 0.25) is 0 Å². The highest BCUT2D eigenvalue weighted by molar-refractivity contribution is 5.77. The predicted molar refractivity (Wildman–Crippen MR) is 103 cm³/mol. The largest absolute Gasteiger partial charge is 0.497 e. The van der Waals surface area contributed by atoms with Crippen LogP contribution in [0.4, 0.5) is 5.82 Å². The summed E-state index contributed by atoms with van der Waals surface area (Å²) in [5.41, 5.74) is 0.352. The van der Waals surface area contributed by atoms with Gasteiger partial charge in [0.2, 0.25) is 0 Å². The molecular formula is C20H23N5O3. The molecule has 1 aliphatic rings. The third kappa shape index (κ3) is 5.10. The Morgan fingerprint density at radius 1 is 1.21 bits per heavy atom. The van der Waals surface area contributed by atoms with Gasteiger partial charge in [0, 0.05) is 32.0 Å². The number of aromatic nitrogens is 2. The predicted octanol–water partition coefficient (Wildman–Crippen LogP) is 1.77. The minimum Gasteiger partial charge on any atom is -0.497 e. The van der Waals surface area contributed by atoms with Crippen molar-refractivity contribution in [2.24, 2.45) is 5.92 Å². The van der Waals surface area contributed by atoms with E-state index in [2.05, 4.69) is 26.3 Å². The van der Waals surface area contributed by atoms with Crippen molar-refractivity contribution in [3.05, 3.63) is 42.4 Å². The van der Waals surface area contributed by atoms with Gasteiger partial charge in [-0.25, -0.2) is 9.97 Å². The Kier molecular flexibility index (Phi) is 6.63. The Labute approximate surface area is 164 Å². The average Bonchev–Trinajstić information content (AvgIpc) is 2.77. The molecule has 1 aromatic heterocycles. The van der Waals surface area contributed by atoms with Gasteiger partial charge in [-0.05, 0) is 43.0 Å². The van der Waals surface area contributed by atoms with Crippen LogP contribution in [0.15, 0.2) is 36.7 Å². The van der Waals surface area contributed by atoms with E-state index in [1.165, 1.54) is 6.20 Å². The topological polar surface area (TPSA) is 100 Å². The maximum atomic E-state index is 12.0. The fourth-order valence-corrected chi connectivity index (χ4v) is 3.12. The van der Waals surface area contributed by atoms with Crippen molar-refractivity contribution in [3.8, 4) is 17.6 Å². The lowest BCUT2D eigenvalue weighted by molar-refractivity contribution is -0.123. The standard InChI is InChI=1S/C20H23N5O3/c1-27-16-2-4-17(5-3-16)28-14-19(26)24-13-15-6-10-25(11-7-15)20-18(12-21)22-8-9-23-20/h2-5,8-9,15H,6-7,10-11,13-14H2,1H3,(H,24,26). The van der Waals surface area contributed by atoms with Gasteiger partial charge in [-0.2, -0.15) is 5.26 Å². The fourth-order valence-electron chi connectivity index (χ4n) is 3.12. The number of hydrogen-bond acceptors (Lipinski definition) is 7. The summed E-state index contributed by atoms with van der Waals surface area (Å²) in [5, 5.41) is 12.1. The molecule has 0 saturated carbocycles. The number of benzene rings is 1. The maximum Gasteiger partial charge on any atom is 0.257 e. The summed E-state index contributed by atoms with van der Waals surface area (Å²) in [7, 11) is 1.60. The van der Waals surface area contributed by atoms with E-state index in [0.717, 1.165) is 31.7 Å². The van der Waals surface area contributed by atoms with Crippen molar-refractivity contribution in [2.45, 2.75) is 12.8 Å². The van der Waals surface area contributed by atoms with E-state index in [1.54, 1.807) is 37.6 Å². The Hall–Kier alpha value is -3.34. The number of anilines is 1. The number of rotatable bonds is 7. The van der Waals surface area contributed by atoms with Crippen LogP contribution in [0.25, 0.3) is 0 Å². The van der Waals surface area contributed by atoms with Crippen molar-refractivity contribution in [1.82, 2.24) is 15.3 Å². The lowest BCUT2D eigenvalue weighted by Gasteiger charge is -2.32. The smallest absolute Gasteiger partial charge is 0.257 e. The lowest BCUT2D eigenvalue weighted by atomic mass is 9.96. The van der Waals surface area contributed by atoms with Crippen molar-refractivity contribution in [3.63, 3.8) is 0 Å². The van der Waals surface area contributed by atoms with Crippen LogP contribution in [0.3, 0.4) is 0 Å².